The summed E-state index contributed by atoms with van der Waals surface area (Å²) in [6, 6.07) is 16.9. The minimum atomic E-state index is -0.186. The summed E-state index contributed by atoms with van der Waals surface area (Å²) in [6.45, 7) is 1.54. The first-order chi connectivity index (χ1) is 12.2. The predicted octanol–water partition coefficient (Wildman–Crippen LogP) is 2.25. The minimum Gasteiger partial charge on any atom is -0.496 e. The number of hydrogen-bond acceptors (Lipinski definition) is 3. The number of anilines is 1. The summed E-state index contributed by atoms with van der Waals surface area (Å²) in [5, 5.41) is 2.84. The van der Waals surface area contributed by atoms with E-state index in [0.29, 0.717) is 19.6 Å². The monoisotopic (exact) mass is 339 g/mol. The van der Waals surface area contributed by atoms with E-state index < -0.39 is 0 Å². The van der Waals surface area contributed by atoms with Gasteiger partial charge in [0.15, 0.2) is 0 Å². The molecule has 3 amide bonds. The van der Waals surface area contributed by atoms with Crippen molar-refractivity contribution in [1.29, 1.82) is 0 Å². The molecule has 2 aromatic rings. The van der Waals surface area contributed by atoms with Crippen molar-refractivity contribution in [3.8, 4) is 5.75 Å². The molecule has 130 valence electrons. The van der Waals surface area contributed by atoms with Crippen LogP contribution in [0.5, 0.6) is 5.75 Å². The second-order valence-corrected chi connectivity index (χ2v) is 5.78. The fraction of sp³-hybridized carbons (Fsp3) is 0.263. The average molecular weight is 339 g/mol. The highest BCUT2D eigenvalue weighted by atomic mass is 16.5. The van der Waals surface area contributed by atoms with E-state index in [1.807, 2.05) is 54.6 Å². The predicted molar refractivity (Wildman–Crippen MR) is 95.6 cm³/mol. The van der Waals surface area contributed by atoms with Gasteiger partial charge in [-0.3, -0.25) is 9.69 Å². The zero-order chi connectivity index (χ0) is 17.6. The number of rotatable bonds is 6. The first-order valence-electron chi connectivity index (χ1n) is 8.19. The molecular formula is C19H21N3O3. The molecule has 0 aliphatic carbocycles. The van der Waals surface area contributed by atoms with E-state index in [9.17, 15) is 9.59 Å². The molecule has 0 spiro atoms. The second kappa shape index (κ2) is 7.70. The van der Waals surface area contributed by atoms with E-state index >= 15 is 0 Å². The highest BCUT2D eigenvalue weighted by molar-refractivity contribution is 5.96. The molecule has 1 saturated heterocycles. The Morgan fingerprint density at radius 3 is 2.56 bits per heavy atom. The summed E-state index contributed by atoms with van der Waals surface area (Å²) in [5.41, 5.74) is 1.75. The van der Waals surface area contributed by atoms with E-state index in [4.69, 9.17) is 4.74 Å². The number of urea groups is 1. The van der Waals surface area contributed by atoms with Crippen LogP contribution < -0.4 is 15.0 Å². The van der Waals surface area contributed by atoms with E-state index in [1.54, 1.807) is 16.9 Å². The SMILES string of the molecule is COc1ccccc1CNC(=O)CN1CCN(c2ccccc2)C1=O. The molecular weight excluding hydrogens is 318 g/mol. The van der Waals surface area contributed by atoms with Crippen LogP contribution in [0.2, 0.25) is 0 Å². The molecule has 0 atom stereocenters. The van der Waals surface area contributed by atoms with Crippen molar-refractivity contribution >= 4 is 17.6 Å². The van der Waals surface area contributed by atoms with Crippen molar-refractivity contribution in [3.63, 3.8) is 0 Å². The standard InChI is InChI=1S/C19H21N3O3/c1-25-17-10-6-5-7-15(17)13-20-18(23)14-21-11-12-22(19(21)24)16-8-3-2-4-9-16/h2-10H,11-14H2,1H3,(H,20,23). The molecule has 1 aliphatic heterocycles. The Balaban J connectivity index is 1.54. The lowest BCUT2D eigenvalue weighted by Crippen LogP contribution is -2.39. The molecule has 0 radical (unpaired) electrons. The molecule has 1 fully saturated rings. The molecule has 1 heterocycles. The van der Waals surface area contributed by atoms with Crippen molar-refractivity contribution in [1.82, 2.24) is 10.2 Å². The molecule has 1 aliphatic rings. The van der Waals surface area contributed by atoms with Crippen LogP contribution in [-0.2, 0) is 11.3 Å². The van der Waals surface area contributed by atoms with Crippen molar-refractivity contribution in [2.24, 2.45) is 0 Å². The molecule has 3 rings (SSSR count). The Morgan fingerprint density at radius 1 is 1.08 bits per heavy atom. The van der Waals surface area contributed by atoms with Crippen LogP contribution in [0.3, 0.4) is 0 Å². The van der Waals surface area contributed by atoms with Crippen LogP contribution in [0.4, 0.5) is 10.5 Å². The van der Waals surface area contributed by atoms with Crippen LogP contribution >= 0.6 is 0 Å². The van der Waals surface area contributed by atoms with Gasteiger partial charge in [-0.15, -0.1) is 0 Å². The van der Waals surface area contributed by atoms with Crippen LogP contribution in [0.25, 0.3) is 0 Å². The van der Waals surface area contributed by atoms with Gasteiger partial charge in [-0.2, -0.15) is 0 Å². The summed E-state index contributed by atoms with van der Waals surface area (Å²) >= 11 is 0. The highest BCUT2D eigenvalue weighted by Gasteiger charge is 2.30. The van der Waals surface area contributed by atoms with Gasteiger partial charge in [0.1, 0.15) is 12.3 Å². The lowest BCUT2D eigenvalue weighted by atomic mass is 10.2. The molecule has 6 heteroatoms. The maximum atomic E-state index is 12.5. The average Bonchev–Trinajstić information content (AvgIpc) is 3.01. The molecule has 25 heavy (non-hydrogen) atoms. The summed E-state index contributed by atoms with van der Waals surface area (Å²) in [7, 11) is 1.60. The van der Waals surface area contributed by atoms with Crippen LogP contribution in [0.1, 0.15) is 5.56 Å². The van der Waals surface area contributed by atoms with Crippen LogP contribution in [0, 0.1) is 0 Å². The number of carbonyl (C=O) groups excluding carboxylic acids is 2. The van der Waals surface area contributed by atoms with Gasteiger partial charge in [-0.05, 0) is 18.2 Å². The largest absolute Gasteiger partial charge is 0.496 e. The fourth-order valence-corrected chi connectivity index (χ4v) is 2.85. The number of nitrogens with one attached hydrogen (secondary N) is 1. The summed E-state index contributed by atoms with van der Waals surface area (Å²) in [4.78, 5) is 27.9. The number of ether oxygens (including phenoxy) is 1. The Kier molecular flexibility index (Phi) is 5.18. The zero-order valence-electron chi connectivity index (χ0n) is 14.1. The van der Waals surface area contributed by atoms with Crippen molar-refractivity contribution < 1.29 is 14.3 Å². The Labute approximate surface area is 147 Å². The lowest BCUT2D eigenvalue weighted by molar-refractivity contribution is -0.121. The number of amides is 3. The maximum absolute atomic E-state index is 12.5. The van der Waals surface area contributed by atoms with Gasteiger partial charge in [0, 0.05) is 30.9 Å². The number of carbonyl (C=O) groups is 2. The number of hydrogen-bond donors (Lipinski definition) is 1. The van der Waals surface area contributed by atoms with Crippen LogP contribution in [0.15, 0.2) is 54.6 Å². The first-order valence-corrected chi connectivity index (χ1v) is 8.19. The second-order valence-electron chi connectivity index (χ2n) is 5.78. The first kappa shape index (κ1) is 16.8. The fourth-order valence-electron chi connectivity index (χ4n) is 2.85. The topological polar surface area (TPSA) is 61.9 Å². The number of methoxy groups -OCH3 is 1. The molecule has 2 aromatic carbocycles. The molecule has 6 nitrogen and oxygen atoms in total. The quantitative estimate of drug-likeness (QED) is 0.878. The molecule has 0 unspecified atom stereocenters. The van der Waals surface area contributed by atoms with Crippen molar-refractivity contribution in [2.45, 2.75) is 6.54 Å². The third-order valence-electron chi connectivity index (χ3n) is 4.17. The molecule has 0 aromatic heterocycles. The smallest absolute Gasteiger partial charge is 0.325 e. The number of para-hydroxylation sites is 2. The van der Waals surface area contributed by atoms with E-state index in [-0.39, 0.29) is 18.5 Å². The van der Waals surface area contributed by atoms with Crippen molar-refractivity contribution in [3.05, 3.63) is 60.2 Å². The van der Waals surface area contributed by atoms with E-state index in [0.717, 1.165) is 17.0 Å². The lowest BCUT2D eigenvalue weighted by Gasteiger charge is -2.18. The summed E-state index contributed by atoms with van der Waals surface area (Å²) in [5.74, 6) is 0.546. The normalized spacial score (nSPS) is 13.9. The number of nitrogens with zero attached hydrogens (tertiary/aromatic N) is 2. The van der Waals surface area contributed by atoms with Gasteiger partial charge in [0.2, 0.25) is 5.91 Å². The van der Waals surface area contributed by atoms with Gasteiger partial charge in [0.25, 0.3) is 0 Å². The van der Waals surface area contributed by atoms with Gasteiger partial charge >= 0.3 is 6.03 Å². The highest BCUT2D eigenvalue weighted by Crippen LogP contribution is 2.20. The van der Waals surface area contributed by atoms with E-state index in [1.165, 1.54) is 0 Å². The molecule has 0 saturated carbocycles. The van der Waals surface area contributed by atoms with Gasteiger partial charge in [0.05, 0.1) is 7.11 Å². The Morgan fingerprint density at radius 2 is 1.80 bits per heavy atom. The Bertz CT molecular complexity index is 749. The third-order valence-corrected chi connectivity index (χ3v) is 4.17. The Hall–Kier alpha value is -3.02. The van der Waals surface area contributed by atoms with Gasteiger partial charge < -0.3 is 15.0 Å². The third kappa shape index (κ3) is 3.91. The van der Waals surface area contributed by atoms with E-state index in [2.05, 4.69) is 5.32 Å². The summed E-state index contributed by atoms with van der Waals surface area (Å²) in [6.07, 6.45) is 0. The zero-order valence-corrected chi connectivity index (χ0v) is 14.1. The van der Waals surface area contributed by atoms with Gasteiger partial charge in [-0.25, -0.2) is 4.79 Å². The van der Waals surface area contributed by atoms with Crippen molar-refractivity contribution in [2.75, 3.05) is 31.6 Å². The summed E-state index contributed by atoms with van der Waals surface area (Å²) < 4.78 is 5.27. The molecule has 0 bridgehead atoms. The molecule has 1 N–H and O–H groups in total. The van der Waals surface area contributed by atoms with Crippen LogP contribution in [-0.4, -0.2) is 43.6 Å². The van der Waals surface area contributed by atoms with Gasteiger partial charge in [-0.1, -0.05) is 36.4 Å². The maximum Gasteiger partial charge on any atom is 0.325 e. The number of benzene rings is 2. The minimum absolute atomic E-state index is 0.0529.